The number of thiophene rings is 1. The lowest BCUT2D eigenvalue weighted by Crippen LogP contribution is -2.59. The number of alkyl halides is 1. The van der Waals surface area contributed by atoms with E-state index in [1.807, 2.05) is 0 Å². The van der Waals surface area contributed by atoms with Crippen molar-refractivity contribution in [3.8, 4) is 12.1 Å². The van der Waals surface area contributed by atoms with Crippen molar-refractivity contribution >= 4 is 22.2 Å². The van der Waals surface area contributed by atoms with Crippen LogP contribution in [0.3, 0.4) is 0 Å². The van der Waals surface area contributed by atoms with E-state index >= 15 is 0 Å². The zero-order valence-corrected chi connectivity index (χ0v) is 20.5. The van der Waals surface area contributed by atoms with Gasteiger partial charge in [-0.15, -0.1) is 11.3 Å². The first-order chi connectivity index (χ1) is 17.0. The van der Waals surface area contributed by atoms with Gasteiger partial charge in [-0.3, -0.25) is 4.90 Å². The smallest absolute Gasteiger partial charge is 0.318 e. The average molecular weight is 497 g/mol. The lowest BCUT2D eigenvalue weighted by atomic mass is 9.74. The van der Waals surface area contributed by atoms with E-state index in [4.69, 9.17) is 25.2 Å². The molecule has 0 radical (unpaired) electrons. The van der Waals surface area contributed by atoms with E-state index in [-0.39, 0.29) is 11.0 Å². The van der Waals surface area contributed by atoms with Crippen molar-refractivity contribution in [3.05, 3.63) is 27.3 Å². The van der Waals surface area contributed by atoms with E-state index in [1.54, 1.807) is 11.3 Å². The summed E-state index contributed by atoms with van der Waals surface area (Å²) in [6.07, 6.45) is 4.53. The predicted molar refractivity (Wildman–Crippen MR) is 130 cm³/mol. The molecule has 8 nitrogen and oxygen atoms in total. The number of nitrogens with zero attached hydrogens (tertiary/aromatic N) is 5. The summed E-state index contributed by atoms with van der Waals surface area (Å²) in [6.45, 7) is 4.60. The highest BCUT2D eigenvalue weighted by atomic mass is 32.1. The lowest BCUT2D eigenvalue weighted by Gasteiger charge is -2.50. The molecule has 35 heavy (non-hydrogen) atoms. The molecular weight excluding hydrogens is 467 g/mol. The van der Waals surface area contributed by atoms with Gasteiger partial charge in [0.25, 0.3) is 0 Å². The van der Waals surface area contributed by atoms with Gasteiger partial charge in [0.05, 0.1) is 30.0 Å². The van der Waals surface area contributed by atoms with Crippen molar-refractivity contribution in [2.45, 2.75) is 62.3 Å². The molecule has 184 valence electrons. The number of rotatable bonds is 4. The molecule has 4 aliphatic heterocycles. The largest absolute Gasteiger partial charge is 0.461 e. The van der Waals surface area contributed by atoms with Crippen LogP contribution in [-0.4, -0.2) is 66.0 Å². The van der Waals surface area contributed by atoms with E-state index in [1.165, 1.54) is 4.88 Å². The van der Waals surface area contributed by atoms with Crippen molar-refractivity contribution < 1.29 is 13.9 Å². The first kappa shape index (κ1) is 21.8. The topological polar surface area (TPSA) is 101 Å². The molecule has 2 atom stereocenters. The fourth-order valence-corrected chi connectivity index (χ4v) is 8.28. The number of fused-ring (bicyclic) bond motifs is 4. The normalized spacial score (nSPS) is 28.5. The Labute approximate surface area is 207 Å². The summed E-state index contributed by atoms with van der Waals surface area (Å²) in [7, 11) is 0. The highest BCUT2D eigenvalue weighted by Gasteiger charge is 2.52. The maximum atomic E-state index is 14.2. The average Bonchev–Trinajstić information content (AvgIpc) is 3.54. The SMILES string of the molecule is N#Cc1c(N)sc2c1C1(CC2)CN(c2nc(OC[C@@]34CCCN3C[C@H](F)C4)nc3c2COCC3)C1. The molecule has 0 unspecified atom stereocenters. The highest BCUT2D eigenvalue weighted by Crippen LogP contribution is 2.53. The van der Waals surface area contributed by atoms with Gasteiger partial charge in [-0.25, -0.2) is 4.39 Å². The van der Waals surface area contributed by atoms with E-state index in [0.717, 1.165) is 74.4 Å². The van der Waals surface area contributed by atoms with Gasteiger partial charge in [0.1, 0.15) is 29.7 Å². The molecule has 2 aromatic rings. The van der Waals surface area contributed by atoms with E-state index in [9.17, 15) is 9.65 Å². The third-order valence-corrected chi connectivity index (χ3v) is 9.86. The Hall–Kier alpha value is -2.48. The van der Waals surface area contributed by atoms with Gasteiger partial charge in [-0.1, -0.05) is 0 Å². The monoisotopic (exact) mass is 496 g/mol. The van der Waals surface area contributed by atoms with E-state index in [2.05, 4.69) is 15.9 Å². The number of nitrogen functional groups attached to an aromatic ring is 1. The molecule has 3 saturated heterocycles. The van der Waals surface area contributed by atoms with Gasteiger partial charge >= 0.3 is 6.01 Å². The summed E-state index contributed by atoms with van der Waals surface area (Å²) in [5, 5.41) is 10.4. The second-order valence-electron chi connectivity index (χ2n) is 10.8. The number of aryl methyl sites for hydroxylation is 1. The van der Waals surface area contributed by atoms with Crippen molar-refractivity contribution in [2.75, 3.05) is 50.0 Å². The molecular formula is C25H29FN6O2S. The zero-order valence-electron chi connectivity index (χ0n) is 19.7. The fraction of sp³-hybridized carbons (Fsp3) is 0.640. The van der Waals surface area contributed by atoms with Gasteiger partial charge in [0.15, 0.2) is 0 Å². The third-order valence-electron chi connectivity index (χ3n) is 8.78. The van der Waals surface area contributed by atoms with Crippen molar-refractivity contribution in [1.82, 2.24) is 14.9 Å². The molecule has 7 rings (SSSR count). The molecule has 6 heterocycles. The first-order valence-corrected chi connectivity index (χ1v) is 13.4. The summed E-state index contributed by atoms with van der Waals surface area (Å²) < 4.78 is 26.2. The van der Waals surface area contributed by atoms with Crippen LogP contribution < -0.4 is 15.4 Å². The van der Waals surface area contributed by atoms with E-state index in [0.29, 0.717) is 49.4 Å². The van der Waals surface area contributed by atoms with Crippen LogP contribution >= 0.6 is 11.3 Å². The van der Waals surface area contributed by atoms with Crippen LogP contribution in [0.15, 0.2) is 0 Å². The second kappa shape index (κ2) is 7.76. The maximum absolute atomic E-state index is 14.2. The lowest BCUT2D eigenvalue weighted by molar-refractivity contribution is 0.100. The minimum atomic E-state index is -0.783. The van der Waals surface area contributed by atoms with E-state index < -0.39 is 6.17 Å². The molecule has 5 aliphatic rings. The Bertz CT molecular complexity index is 1240. The molecule has 1 aliphatic carbocycles. The maximum Gasteiger partial charge on any atom is 0.318 e. The number of nitrogens with two attached hydrogens (primary N) is 1. The molecule has 3 fully saturated rings. The summed E-state index contributed by atoms with van der Waals surface area (Å²) in [5.41, 5.74) is 9.74. The van der Waals surface area contributed by atoms with Crippen LogP contribution in [0.2, 0.25) is 0 Å². The molecule has 10 heteroatoms. The number of halogens is 1. The van der Waals surface area contributed by atoms with Crippen LogP contribution in [0.1, 0.15) is 52.9 Å². The zero-order chi connectivity index (χ0) is 23.8. The summed E-state index contributed by atoms with van der Waals surface area (Å²) in [5.74, 6) is 0.876. The first-order valence-electron chi connectivity index (χ1n) is 12.6. The van der Waals surface area contributed by atoms with Gasteiger partial charge in [0, 0.05) is 48.3 Å². The Morgan fingerprint density at radius 2 is 2.17 bits per heavy atom. The van der Waals surface area contributed by atoms with Crippen LogP contribution in [0.4, 0.5) is 15.2 Å². The van der Waals surface area contributed by atoms with Gasteiger partial charge < -0.3 is 20.1 Å². The molecule has 2 N–H and O–H groups in total. The molecule has 0 saturated carbocycles. The predicted octanol–water partition coefficient (Wildman–Crippen LogP) is 2.72. The molecule has 1 spiro atoms. The number of hydrogen-bond acceptors (Lipinski definition) is 9. The fourth-order valence-electron chi connectivity index (χ4n) is 7.14. The third kappa shape index (κ3) is 3.21. The van der Waals surface area contributed by atoms with Crippen molar-refractivity contribution in [3.63, 3.8) is 0 Å². The molecule has 0 amide bonds. The molecule has 0 bridgehead atoms. The summed E-state index contributed by atoms with van der Waals surface area (Å²) >= 11 is 1.57. The Morgan fingerprint density at radius 1 is 1.29 bits per heavy atom. The number of nitriles is 1. The van der Waals surface area contributed by atoms with Crippen LogP contribution in [0.5, 0.6) is 6.01 Å². The summed E-state index contributed by atoms with van der Waals surface area (Å²) in [6, 6.07) is 2.73. The summed E-state index contributed by atoms with van der Waals surface area (Å²) in [4.78, 5) is 15.4. The van der Waals surface area contributed by atoms with Crippen molar-refractivity contribution in [2.24, 2.45) is 0 Å². The Balaban J connectivity index is 1.16. The van der Waals surface area contributed by atoms with Crippen LogP contribution in [0.25, 0.3) is 0 Å². The number of anilines is 2. The van der Waals surface area contributed by atoms with Crippen LogP contribution in [0, 0.1) is 11.3 Å². The van der Waals surface area contributed by atoms with Gasteiger partial charge in [-0.2, -0.15) is 15.2 Å². The van der Waals surface area contributed by atoms with Crippen molar-refractivity contribution in [1.29, 1.82) is 5.26 Å². The highest BCUT2D eigenvalue weighted by molar-refractivity contribution is 7.16. The number of ether oxygens (including phenoxy) is 2. The standard InChI is InChI=1S/C25H29FN6O2S/c26-15-8-25(4-1-6-32(25)10-15)14-34-23-29-18-3-7-33-11-17(18)22(30-23)31-12-24(13-31)5-2-19-20(24)16(9-27)21(28)35-19/h15H,1-8,10-14,28H2/t15-,25+/m1/s1. The Morgan fingerprint density at radius 3 is 3.03 bits per heavy atom. The number of aromatic nitrogens is 2. The van der Waals surface area contributed by atoms with Gasteiger partial charge in [0.2, 0.25) is 0 Å². The van der Waals surface area contributed by atoms with Crippen LogP contribution in [-0.2, 0) is 29.6 Å². The minimum absolute atomic E-state index is 0.0355. The molecule has 0 aromatic carbocycles. The van der Waals surface area contributed by atoms with Gasteiger partial charge in [-0.05, 0) is 37.8 Å². The Kier molecular flexibility index (Phi) is 4.83. The number of hydrogen-bond donors (Lipinski definition) is 1. The minimum Gasteiger partial charge on any atom is -0.461 e. The molecule has 2 aromatic heterocycles. The second-order valence-corrected chi connectivity index (χ2v) is 11.9. The quantitative estimate of drug-likeness (QED) is 0.690.